The fraction of sp³-hybridized carbons (Fsp3) is 0.286. The van der Waals surface area contributed by atoms with Crippen LogP contribution in [-0.2, 0) is 11.2 Å². The molecule has 0 saturated carbocycles. The largest absolute Gasteiger partial charge is 0.300 e. The molecule has 0 saturated heterocycles. The first-order valence-corrected chi connectivity index (χ1v) is 10.6. The van der Waals surface area contributed by atoms with Gasteiger partial charge < -0.3 is 0 Å². The van der Waals surface area contributed by atoms with Gasteiger partial charge in [0.1, 0.15) is 5.78 Å². The summed E-state index contributed by atoms with van der Waals surface area (Å²) < 4.78 is 0. The lowest BCUT2D eigenvalue weighted by Crippen LogP contribution is -2.30. The van der Waals surface area contributed by atoms with Crippen molar-refractivity contribution < 1.29 is 4.79 Å². The van der Waals surface area contributed by atoms with Crippen LogP contribution < -0.4 is 0 Å². The maximum atomic E-state index is 11.4. The zero-order chi connectivity index (χ0) is 21.5. The summed E-state index contributed by atoms with van der Waals surface area (Å²) in [5.74, 6) is 0.176. The number of hydrogen-bond donors (Lipinski definition) is 0. The van der Waals surface area contributed by atoms with Crippen molar-refractivity contribution in [3.8, 4) is 11.3 Å². The Hall–Kier alpha value is -3.00. The average Bonchev–Trinajstić information content (AvgIpc) is 2.69. The van der Waals surface area contributed by atoms with E-state index in [0.29, 0.717) is 6.42 Å². The first-order chi connectivity index (χ1) is 14.2. The Morgan fingerprint density at radius 3 is 2.30 bits per heavy atom. The fourth-order valence-electron chi connectivity index (χ4n) is 3.93. The molecule has 1 aromatic heterocycles. The topological polar surface area (TPSA) is 30.0 Å². The van der Waals surface area contributed by atoms with Crippen molar-refractivity contribution in [2.75, 3.05) is 0 Å². The van der Waals surface area contributed by atoms with E-state index in [0.717, 1.165) is 22.5 Å². The molecule has 152 valence electrons. The first kappa shape index (κ1) is 20.3. The van der Waals surface area contributed by atoms with E-state index >= 15 is 0 Å². The smallest absolute Gasteiger partial charge is 0.134 e. The summed E-state index contributed by atoms with van der Waals surface area (Å²) in [4.78, 5) is 16.5. The summed E-state index contributed by atoms with van der Waals surface area (Å²) in [5, 5.41) is 2.35. The summed E-state index contributed by atoms with van der Waals surface area (Å²) in [7, 11) is 0. The van der Waals surface area contributed by atoms with Gasteiger partial charge in [-0.2, -0.15) is 0 Å². The van der Waals surface area contributed by atoms with Gasteiger partial charge in [0, 0.05) is 17.4 Å². The zero-order valence-corrected chi connectivity index (χ0v) is 18.5. The molecule has 2 nitrogen and oxygen atoms in total. The van der Waals surface area contributed by atoms with Crippen LogP contribution in [-0.4, -0.2) is 10.8 Å². The van der Waals surface area contributed by atoms with E-state index in [1.54, 1.807) is 6.92 Å². The molecule has 2 heteroatoms. The molecule has 0 radical (unpaired) electrons. The van der Waals surface area contributed by atoms with Gasteiger partial charge in [-0.1, -0.05) is 94.5 Å². The zero-order valence-electron chi connectivity index (χ0n) is 18.5. The van der Waals surface area contributed by atoms with E-state index in [9.17, 15) is 4.79 Å². The number of carbonyl (C=O) groups is 1. The van der Waals surface area contributed by atoms with Crippen LogP contribution in [0.5, 0.6) is 0 Å². The molecule has 0 spiro atoms. The third-order valence-corrected chi connectivity index (χ3v) is 6.57. The number of nitrogens with zero attached hydrogens (tertiary/aromatic N) is 1. The number of allylic oxidation sites excluding steroid dienone is 4. The molecule has 0 atom stereocenters. The predicted octanol–water partition coefficient (Wildman–Crippen LogP) is 7.04. The van der Waals surface area contributed by atoms with Gasteiger partial charge in [-0.15, -0.1) is 0 Å². The molecule has 0 unspecified atom stereocenters. The molecule has 1 heterocycles. The molecule has 30 heavy (non-hydrogen) atoms. The maximum Gasteiger partial charge on any atom is 0.134 e. The van der Waals surface area contributed by atoms with Crippen molar-refractivity contribution in [1.29, 1.82) is 0 Å². The molecule has 0 aliphatic heterocycles. The van der Waals surface area contributed by atoms with Crippen molar-refractivity contribution in [3.63, 3.8) is 0 Å². The van der Waals surface area contributed by atoms with Crippen LogP contribution in [0.15, 0.2) is 72.8 Å². The van der Waals surface area contributed by atoms with Crippen LogP contribution in [0, 0.1) is 10.8 Å². The number of hydrogen-bond acceptors (Lipinski definition) is 2. The molecule has 0 fully saturated rings. The van der Waals surface area contributed by atoms with Crippen molar-refractivity contribution in [3.05, 3.63) is 84.1 Å². The van der Waals surface area contributed by atoms with E-state index in [-0.39, 0.29) is 16.6 Å². The normalized spacial score (nSPS) is 17.0. The molecule has 1 aliphatic carbocycles. The summed E-state index contributed by atoms with van der Waals surface area (Å²) in [6.07, 6.45) is 7.36. The average molecular weight is 396 g/mol. The van der Waals surface area contributed by atoms with Crippen LogP contribution in [0.3, 0.4) is 0 Å². The standard InChI is InChI=1S/C28H29NO/c1-19(30)16-20-10-12-21(13-11-20)25-17-22-8-6-7-9-24(22)26(29-25)23-14-15-27(2,3)28(4,5)18-23/h6-15,17-18H,16H2,1-5H3. The number of benzene rings is 2. The molecular formula is C28H29NO. The van der Waals surface area contributed by atoms with E-state index in [1.165, 1.54) is 16.3 Å². The predicted molar refractivity (Wildman–Crippen MR) is 126 cm³/mol. The number of Topliss-reactive ketones (excluding diaryl/α,β-unsaturated/α-hetero) is 1. The Balaban J connectivity index is 1.84. The number of fused-ring (bicyclic) bond motifs is 1. The monoisotopic (exact) mass is 395 g/mol. The number of rotatable bonds is 4. The molecule has 1 aliphatic rings. The highest BCUT2D eigenvalue weighted by Crippen LogP contribution is 2.46. The quantitative estimate of drug-likeness (QED) is 0.474. The molecule has 0 bridgehead atoms. The minimum Gasteiger partial charge on any atom is -0.300 e. The van der Waals surface area contributed by atoms with E-state index in [2.05, 4.69) is 88.4 Å². The summed E-state index contributed by atoms with van der Waals surface area (Å²) in [6, 6.07) is 18.8. The molecular weight excluding hydrogens is 366 g/mol. The van der Waals surface area contributed by atoms with Crippen LogP contribution in [0.25, 0.3) is 27.6 Å². The number of pyridine rings is 1. The van der Waals surface area contributed by atoms with Crippen LogP contribution in [0.4, 0.5) is 0 Å². The minimum atomic E-state index is 0.0320. The molecule has 0 N–H and O–H groups in total. The third kappa shape index (κ3) is 3.75. The second-order valence-electron chi connectivity index (χ2n) is 9.53. The first-order valence-electron chi connectivity index (χ1n) is 10.6. The van der Waals surface area contributed by atoms with Gasteiger partial charge in [0.25, 0.3) is 0 Å². The maximum absolute atomic E-state index is 11.4. The highest BCUT2D eigenvalue weighted by molar-refractivity contribution is 5.96. The van der Waals surface area contributed by atoms with Gasteiger partial charge in [-0.05, 0) is 40.3 Å². The van der Waals surface area contributed by atoms with Gasteiger partial charge >= 0.3 is 0 Å². The molecule has 4 rings (SSSR count). The summed E-state index contributed by atoms with van der Waals surface area (Å²) >= 11 is 0. The summed E-state index contributed by atoms with van der Waals surface area (Å²) in [5.41, 5.74) is 5.38. The van der Waals surface area contributed by atoms with Crippen molar-refractivity contribution >= 4 is 22.1 Å². The Kier molecular flexibility index (Phi) is 4.97. The van der Waals surface area contributed by atoms with Gasteiger partial charge in [0.05, 0.1) is 11.4 Å². The lowest BCUT2D eigenvalue weighted by atomic mass is 9.64. The second-order valence-corrected chi connectivity index (χ2v) is 9.53. The Morgan fingerprint density at radius 2 is 1.63 bits per heavy atom. The van der Waals surface area contributed by atoms with E-state index in [4.69, 9.17) is 4.98 Å². The highest BCUT2D eigenvalue weighted by atomic mass is 16.1. The second kappa shape index (κ2) is 7.36. The Labute approximate surface area is 179 Å². The van der Waals surface area contributed by atoms with Crippen LogP contribution in [0.1, 0.15) is 45.9 Å². The lowest BCUT2D eigenvalue weighted by Gasteiger charge is -2.40. The Bertz CT molecular complexity index is 1180. The Morgan fingerprint density at radius 1 is 0.933 bits per heavy atom. The minimum absolute atomic E-state index is 0.0320. The van der Waals surface area contributed by atoms with Gasteiger partial charge in [-0.25, -0.2) is 4.98 Å². The van der Waals surface area contributed by atoms with Crippen molar-refractivity contribution in [1.82, 2.24) is 4.98 Å². The number of ketones is 1. The molecule has 3 aromatic rings. The summed E-state index contributed by atoms with van der Waals surface area (Å²) in [6.45, 7) is 10.8. The molecule has 2 aromatic carbocycles. The van der Waals surface area contributed by atoms with Gasteiger partial charge in [0.2, 0.25) is 0 Å². The van der Waals surface area contributed by atoms with Crippen LogP contribution in [0.2, 0.25) is 0 Å². The fourth-order valence-corrected chi connectivity index (χ4v) is 3.93. The molecule has 0 amide bonds. The number of carbonyl (C=O) groups excluding carboxylic acids is 1. The van der Waals surface area contributed by atoms with E-state index < -0.39 is 0 Å². The van der Waals surface area contributed by atoms with Gasteiger partial charge in [-0.3, -0.25) is 4.79 Å². The highest BCUT2D eigenvalue weighted by Gasteiger charge is 2.35. The van der Waals surface area contributed by atoms with Crippen LogP contribution >= 0.6 is 0 Å². The van der Waals surface area contributed by atoms with Crippen molar-refractivity contribution in [2.45, 2.75) is 41.0 Å². The SMILES string of the molecule is CC(=O)Cc1ccc(-c2cc3ccccc3c(C3=CC(C)(C)C(C)(C)C=C3)n2)cc1. The van der Waals surface area contributed by atoms with Gasteiger partial charge in [0.15, 0.2) is 0 Å². The number of aromatic nitrogens is 1. The third-order valence-electron chi connectivity index (χ3n) is 6.57. The lowest BCUT2D eigenvalue weighted by molar-refractivity contribution is -0.116. The van der Waals surface area contributed by atoms with E-state index in [1.807, 2.05) is 12.1 Å². The van der Waals surface area contributed by atoms with Crippen molar-refractivity contribution in [2.24, 2.45) is 10.8 Å².